The molecule has 0 saturated heterocycles. The Morgan fingerprint density at radius 3 is 2.00 bits per heavy atom. The van der Waals surface area contributed by atoms with Crippen molar-refractivity contribution in [1.29, 1.82) is 0 Å². The molecule has 11 heavy (non-hydrogen) atoms. The van der Waals surface area contributed by atoms with E-state index in [-0.39, 0.29) is 0 Å². The van der Waals surface area contributed by atoms with E-state index in [2.05, 4.69) is 27.7 Å². The zero-order valence-corrected chi connectivity index (χ0v) is 8.78. The lowest BCUT2D eigenvalue weighted by atomic mass is 9.62. The topological polar surface area (TPSA) is 0 Å². The van der Waals surface area contributed by atoms with Crippen molar-refractivity contribution >= 4 is 11.6 Å². The lowest BCUT2D eigenvalue weighted by Crippen LogP contribution is -2.38. The summed E-state index contributed by atoms with van der Waals surface area (Å²) in [6, 6.07) is 0. The summed E-state index contributed by atoms with van der Waals surface area (Å²) in [6.45, 7) is 9.08. The van der Waals surface area contributed by atoms with E-state index in [0.29, 0.717) is 16.7 Å². The zero-order chi connectivity index (χ0) is 8.65. The molecule has 66 valence electrons. The van der Waals surface area contributed by atoms with E-state index < -0.39 is 0 Å². The highest BCUT2D eigenvalue weighted by Crippen LogP contribution is 2.48. The smallest absolute Gasteiger partial charge is 0.0387 e. The fourth-order valence-corrected chi connectivity index (χ4v) is 2.31. The minimum Gasteiger partial charge on any atom is -0.122 e. The molecule has 0 aromatic rings. The van der Waals surface area contributed by atoms with Gasteiger partial charge in [-0.15, -0.1) is 11.6 Å². The Morgan fingerprint density at radius 1 is 1.27 bits per heavy atom. The summed E-state index contributed by atoms with van der Waals surface area (Å²) in [5, 5.41) is 0.406. The Kier molecular flexibility index (Phi) is 2.53. The van der Waals surface area contributed by atoms with Gasteiger partial charge in [0.25, 0.3) is 0 Å². The molecule has 0 aliphatic heterocycles. The van der Waals surface area contributed by atoms with E-state index >= 15 is 0 Å². The first-order valence-electron chi connectivity index (χ1n) is 4.56. The first kappa shape index (κ1) is 9.38. The van der Waals surface area contributed by atoms with Crippen molar-refractivity contribution in [2.75, 3.05) is 0 Å². The predicted molar refractivity (Wildman–Crippen MR) is 51.0 cm³/mol. The number of hydrogen-bond donors (Lipinski definition) is 0. The summed E-state index contributed by atoms with van der Waals surface area (Å²) in [7, 11) is 0. The maximum Gasteiger partial charge on any atom is 0.0387 e. The summed E-state index contributed by atoms with van der Waals surface area (Å²) in [5.41, 5.74) is 0.576. The number of rotatable bonds is 2. The average molecular weight is 175 g/mol. The minimum absolute atomic E-state index is 0.406. The van der Waals surface area contributed by atoms with E-state index in [0.717, 1.165) is 5.92 Å². The molecule has 0 bridgehead atoms. The van der Waals surface area contributed by atoms with Crippen LogP contribution < -0.4 is 0 Å². The van der Waals surface area contributed by atoms with E-state index in [9.17, 15) is 0 Å². The lowest BCUT2D eigenvalue weighted by molar-refractivity contribution is 0.0834. The van der Waals surface area contributed by atoms with Gasteiger partial charge in [0, 0.05) is 5.38 Å². The minimum atomic E-state index is 0.406. The van der Waals surface area contributed by atoms with Crippen LogP contribution in [0.15, 0.2) is 0 Å². The van der Waals surface area contributed by atoms with Crippen molar-refractivity contribution in [2.45, 2.75) is 45.9 Å². The molecule has 1 fully saturated rings. The Hall–Kier alpha value is 0.290. The Bertz CT molecular complexity index is 130. The normalized spacial score (nSPS) is 26.7. The largest absolute Gasteiger partial charge is 0.122 e. The second kappa shape index (κ2) is 2.97. The highest BCUT2D eigenvalue weighted by molar-refractivity contribution is 6.21. The van der Waals surface area contributed by atoms with Gasteiger partial charge in [-0.25, -0.2) is 0 Å². The molecule has 1 aliphatic rings. The molecule has 0 spiro atoms. The van der Waals surface area contributed by atoms with Gasteiger partial charge < -0.3 is 0 Å². The maximum absolute atomic E-state index is 6.24. The van der Waals surface area contributed by atoms with Gasteiger partial charge in [-0.3, -0.25) is 0 Å². The SMILES string of the molecule is CC(C)C(Cl)C1CC(C)(C)C1. The molecule has 0 aromatic heterocycles. The molecule has 1 unspecified atom stereocenters. The van der Waals surface area contributed by atoms with Crippen molar-refractivity contribution in [2.24, 2.45) is 17.3 Å². The molecule has 0 amide bonds. The van der Waals surface area contributed by atoms with Crippen LogP contribution >= 0.6 is 11.6 Å². The summed E-state index contributed by atoms with van der Waals surface area (Å²) >= 11 is 6.24. The quantitative estimate of drug-likeness (QED) is 0.561. The number of alkyl halides is 1. The second-order valence-corrected chi connectivity index (χ2v) is 5.52. The van der Waals surface area contributed by atoms with Gasteiger partial charge in [0.1, 0.15) is 0 Å². The van der Waals surface area contributed by atoms with Gasteiger partial charge in [-0.05, 0) is 30.1 Å². The molecule has 0 radical (unpaired) electrons. The third-order valence-electron chi connectivity index (χ3n) is 2.72. The third kappa shape index (κ3) is 2.11. The molecule has 0 heterocycles. The molecule has 1 saturated carbocycles. The van der Waals surface area contributed by atoms with Gasteiger partial charge in [0.2, 0.25) is 0 Å². The van der Waals surface area contributed by atoms with Crippen molar-refractivity contribution in [3.05, 3.63) is 0 Å². The van der Waals surface area contributed by atoms with Crippen LogP contribution in [0.4, 0.5) is 0 Å². The molecule has 1 atom stereocenters. The van der Waals surface area contributed by atoms with E-state index in [1.54, 1.807) is 0 Å². The van der Waals surface area contributed by atoms with Gasteiger partial charge in [-0.2, -0.15) is 0 Å². The van der Waals surface area contributed by atoms with Gasteiger partial charge in [-0.1, -0.05) is 27.7 Å². The van der Waals surface area contributed by atoms with E-state index in [4.69, 9.17) is 11.6 Å². The van der Waals surface area contributed by atoms with Gasteiger partial charge >= 0.3 is 0 Å². The highest BCUT2D eigenvalue weighted by atomic mass is 35.5. The standard InChI is InChI=1S/C10H19Cl/c1-7(2)9(11)8-5-10(3,4)6-8/h7-9H,5-6H2,1-4H3. The highest BCUT2D eigenvalue weighted by Gasteiger charge is 2.40. The second-order valence-electron chi connectivity index (χ2n) is 5.02. The molecule has 1 rings (SSSR count). The van der Waals surface area contributed by atoms with Crippen LogP contribution in [0.2, 0.25) is 0 Å². The molecule has 0 aromatic carbocycles. The summed E-state index contributed by atoms with van der Waals surface area (Å²) in [4.78, 5) is 0. The fourth-order valence-electron chi connectivity index (χ4n) is 2.13. The Labute approximate surface area is 75.3 Å². The predicted octanol–water partition coefficient (Wildman–Crippen LogP) is 3.69. The van der Waals surface area contributed by atoms with Crippen LogP contribution in [-0.4, -0.2) is 5.38 Å². The van der Waals surface area contributed by atoms with Crippen LogP contribution in [-0.2, 0) is 0 Å². The summed E-state index contributed by atoms with van der Waals surface area (Å²) < 4.78 is 0. The van der Waals surface area contributed by atoms with E-state index in [1.165, 1.54) is 12.8 Å². The zero-order valence-electron chi connectivity index (χ0n) is 8.02. The lowest BCUT2D eigenvalue weighted by Gasteiger charge is -2.45. The van der Waals surface area contributed by atoms with Gasteiger partial charge in [0.05, 0.1) is 0 Å². The van der Waals surface area contributed by atoms with Crippen molar-refractivity contribution in [3.63, 3.8) is 0 Å². The Morgan fingerprint density at radius 2 is 1.73 bits per heavy atom. The van der Waals surface area contributed by atoms with Crippen molar-refractivity contribution in [1.82, 2.24) is 0 Å². The first-order chi connectivity index (χ1) is 4.92. The summed E-state index contributed by atoms with van der Waals surface area (Å²) in [6.07, 6.45) is 2.64. The Balaban J connectivity index is 2.32. The van der Waals surface area contributed by atoms with E-state index in [1.807, 2.05) is 0 Å². The van der Waals surface area contributed by atoms with Gasteiger partial charge in [0.15, 0.2) is 0 Å². The van der Waals surface area contributed by atoms with Crippen molar-refractivity contribution in [3.8, 4) is 0 Å². The van der Waals surface area contributed by atoms with Crippen LogP contribution in [0.1, 0.15) is 40.5 Å². The maximum atomic E-state index is 6.24. The number of halogens is 1. The molecule has 1 heteroatoms. The molecule has 0 N–H and O–H groups in total. The molecular weight excluding hydrogens is 156 g/mol. The summed E-state index contributed by atoms with van der Waals surface area (Å²) in [5.74, 6) is 1.42. The number of hydrogen-bond acceptors (Lipinski definition) is 0. The average Bonchev–Trinajstić information content (AvgIpc) is 1.80. The molecule has 1 aliphatic carbocycles. The molecule has 0 nitrogen and oxygen atoms in total. The van der Waals surface area contributed by atoms with Crippen LogP contribution in [0.3, 0.4) is 0 Å². The fraction of sp³-hybridized carbons (Fsp3) is 1.00. The third-order valence-corrected chi connectivity index (χ3v) is 3.58. The monoisotopic (exact) mass is 174 g/mol. The van der Waals surface area contributed by atoms with Crippen LogP contribution in [0, 0.1) is 17.3 Å². The van der Waals surface area contributed by atoms with Crippen molar-refractivity contribution < 1.29 is 0 Å². The van der Waals surface area contributed by atoms with Crippen LogP contribution in [0.25, 0.3) is 0 Å². The van der Waals surface area contributed by atoms with Crippen LogP contribution in [0.5, 0.6) is 0 Å². The molecular formula is C10H19Cl. The first-order valence-corrected chi connectivity index (χ1v) is 5.00.